The molecule has 114 valence electrons. The van der Waals surface area contributed by atoms with Gasteiger partial charge in [-0.2, -0.15) is 5.10 Å². The van der Waals surface area contributed by atoms with Crippen molar-refractivity contribution < 1.29 is 4.74 Å². The Labute approximate surface area is 122 Å². The summed E-state index contributed by atoms with van der Waals surface area (Å²) in [5.41, 5.74) is 1.60. The molecule has 0 amide bonds. The molecule has 4 nitrogen and oxygen atoms in total. The predicted octanol–water partition coefficient (Wildman–Crippen LogP) is 3.01. The standard InChI is InChI=1S/C16H29N3O/c1-5-16(3,4)12-17-9-13-7-8-20-15(13)14-10-18-19(6-2)11-14/h10-11,13,15,17H,5-9,12H2,1-4H3/t13-,15-/m1/s1. The lowest BCUT2D eigenvalue weighted by atomic mass is 9.90. The summed E-state index contributed by atoms with van der Waals surface area (Å²) in [5.74, 6) is 0.567. The van der Waals surface area contributed by atoms with E-state index in [0.717, 1.165) is 32.7 Å². The SMILES string of the molecule is CCn1cc([C@@H]2OCC[C@@H]2CNCC(C)(C)CC)cn1. The quantitative estimate of drug-likeness (QED) is 0.834. The molecule has 1 aliphatic heterocycles. The number of ether oxygens (including phenoxy) is 1. The summed E-state index contributed by atoms with van der Waals surface area (Å²) < 4.78 is 7.90. The van der Waals surface area contributed by atoms with Crippen molar-refractivity contribution >= 4 is 0 Å². The van der Waals surface area contributed by atoms with E-state index in [1.165, 1.54) is 12.0 Å². The number of aromatic nitrogens is 2. The van der Waals surface area contributed by atoms with Gasteiger partial charge in [-0.3, -0.25) is 4.68 Å². The van der Waals surface area contributed by atoms with E-state index in [4.69, 9.17) is 4.74 Å². The molecule has 1 aromatic heterocycles. The van der Waals surface area contributed by atoms with Gasteiger partial charge in [0.15, 0.2) is 0 Å². The van der Waals surface area contributed by atoms with Gasteiger partial charge in [0.05, 0.1) is 12.3 Å². The molecule has 1 saturated heterocycles. The molecule has 0 bridgehead atoms. The van der Waals surface area contributed by atoms with Crippen LogP contribution in [0.4, 0.5) is 0 Å². The van der Waals surface area contributed by atoms with Crippen LogP contribution in [-0.2, 0) is 11.3 Å². The minimum atomic E-state index is 0.215. The summed E-state index contributed by atoms with van der Waals surface area (Å²) in [7, 11) is 0. The third-order valence-electron chi connectivity index (χ3n) is 4.49. The Hall–Kier alpha value is -0.870. The second kappa shape index (κ2) is 6.72. The van der Waals surface area contributed by atoms with Crippen LogP contribution in [0.3, 0.4) is 0 Å². The summed E-state index contributed by atoms with van der Waals surface area (Å²) in [6.07, 6.45) is 6.64. The van der Waals surface area contributed by atoms with Gasteiger partial charge < -0.3 is 10.1 Å². The van der Waals surface area contributed by atoms with E-state index >= 15 is 0 Å². The molecule has 4 heteroatoms. The first-order valence-electron chi connectivity index (χ1n) is 7.90. The highest BCUT2D eigenvalue weighted by atomic mass is 16.5. The zero-order valence-electron chi connectivity index (χ0n) is 13.4. The minimum Gasteiger partial charge on any atom is -0.373 e. The fourth-order valence-corrected chi connectivity index (χ4v) is 2.63. The number of nitrogens with one attached hydrogen (secondary N) is 1. The van der Waals surface area contributed by atoms with Crippen LogP contribution in [0.25, 0.3) is 0 Å². The summed E-state index contributed by atoms with van der Waals surface area (Å²) in [6.45, 7) is 12.9. The molecule has 2 heterocycles. The zero-order valence-corrected chi connectivity index (χ0v) is 13.4. The van der Waals surface area contributed by atoms with E-state index in [0.29, 0.717) is 11.3 Å². The predicted molar refractivity (Wildman–Crippen MR) is 81.6 cm³/mol. The number of aryl methyl sites for hydroxylation is 1. The average Bonchev–Trinajstić information content (AvgIpc) is 3.06. The van der Waals surface area contributed by atoms with Crippen LogP contribution < -0.4 is 5.32 Å². The molecule has 0 unspecified atom stereocenters. The van der Waals surface area contributed by atoms with Crippen LogP contribution in [0.2, 0.25) is 0 Å². The van der Waals surface area contributed by atoms with E-state index in [1.54, 1.807) is 0 Å². The lowest BCUT2D eigenvalue weighted by molar-refractivity contribution is 0.0897. The van der Waals surface area contributed by atoms with Crippen LogP contribution in [-0.4, -0.2) is 29.5 Å². The fourth-order valence-electron chi connectivity index (χ4n) is 2.63. The van der Waals surface area contributed by atoms with Gasteiger partial charge in [-0.15, -0.1) is 0 Å². The van der Waals surface area contributed by atoms with Gasteiger partial charge in [-0.05, 0) is 25.2 Å². The lowest BCUT2D eigenvalue weighted by Crippen LogP contribution is -2.33. The van der Waals surface area contributed by atoms with Gasteiger partial charge in [-0.25, -0.2) is 0 Å². The van der Waals surface area contributed by atoms with Crippen molar-refractivity contribution in [3.05, 3.63) is 18.0 Å². The Morgan fingerprint density at radius 3 is 2.90 bits per heavy atom. The van der Waals surface area contributed by atoms with Crippen molar-refractivity contribution in [2.45, 2.75) is 53.2 Å². The van der Waals surface area contributed by atoms with Crippen LogP contribution in [0, 0.1) is 11.3 Å². The maximum Gasteiger partial charge on any atom is 0.0896 e. The summed E-state index contributed by atoms with van der Waals surface area (Å²) in [6, 6.07) is 0. The van der Waals surface area contributed by atoms with Crippen molar-refractivity contribution in [2.24, 2.45) is 11.3 Å². The van der Waals surface area contributed by atoms with E-state index in [9.17, 15) is 0 Å². The summed E-state index contributed by atoms with van der Waals surface area (Å²) >= 11 is 0. The Kier molecular flexibility index (Phi) is 5.22. The van der Waals surface area contributed by atoms with Gasteiger partial charge in [0, 0.05) is 43.9 Å². The Morgan fingerprint density at radius 2 is 2.25 bits per heavy atom. The number of rotatable bonds is 7. The largest absolute Gasteiger partial charge is 0.373 e. The first-order chi connectivity index (χ1) is 9.55. The second-order valence-electron chi connectivity index (χ2n) is 6.62. The molecular formula is C16H29N3O. The maximum atomic E-state index is 5.93. The third kappa shape index (κ3) is 3.83. The van der Waals surface area contributed by atoms with E-state index in [-0.39, 0.29) is 6.10 Å². The maximum absolute atomic E-state index is 5.93. The van der Waals surface area contributed by atoms with Gasteiger partial charge >= 0.3 is 0 Å². The second-order valence-corrected chi connectivity index (χ2v) is 6.62. The monoisotopic (exact) mass is 279 g/mol. The minimum absolute atomic E-state index is 0.215. The first-order valence-corrected chi connectivity index (χ1v) is 7.90. The zero-order chi connectivity index (χ0) is 14.6. The van der Waals surface area contributed by atoms with Crippen LogP contribution in [0.1, 0.15) is 52.2 Å². The van der Waals surface area contributed by atoms with Gasteiger partial charge in [0.1, 0.15) is 0 Å². The highest BCUT2D eigenvalue weighted by Gasteiger charge is 2.30. The molecule has 1 aromatic rings. The average molecular weight is 279 g/mol. The summed E-state index contributed by atoms with van der Waals surface area (Å²) in [4.78, 5) is 0. The number of nitrogens with zero attached hydrogens (tertiary/aromatic N) is 2. The molecule has 20 heavy (non-hydrogen) atoms. The Balaban J connectivity index is 1.87. The smallest absolute Gasteiger partial charge is 0.0896 e. The molecular weight excluding hydrogens is 250 g/mol. The molecule has 0 aliphatic carbocycles. The van der Waals surface area contributed by atoms with Crippen LogP contribution in [0.15, 0.2) is 12.4 Å². The number of hydrogen-bond donors (Lipinski definition) is 1. The lowest BCUT2D eigenvalue weighted by Gasteiger charge is -2.25. The Morgan fingerprint density at radius 1 is 1.45 bits per heavy atom. The van der Waals surface area contributed by atoms with Gasteiger partial charge in [0.25, 0.3) is 0 Å². The van der Waals surface area contributed by atoms with E-state index < -0.39 is 0 Å². The molecule has 1 N–H and O–H groups in total. The third-order valence-corrected chi connectivity index (χ3v) is 4.49. The molecule has 0 radical (unpaired) electrons. The molecule has 0 aromatic carbocycles. The van der Waals surface area contributed by atoms with E-state index in [1.807, 2.05) is 10.9 Å². The summed E-state index contributed by atoms with van der Waals surface area (Å²) in [5, 5.41) is 7.99. The van der Waals surface area contributed by atoms with Gasteiger partial charge in [0.2, 0.25) is 0 Å². The van der Waals surface area contributed by atoms with Crippen LogP contribution in [0.5, 0.6) is 0 Å². The highest BCUT2D eigenvalue weighted by molar-refractivity contribution is 5.11. The van der Waals surface area contributed by atoms with Crippen molar-refractivity contribution in [2.75, 3.05) is 19.7 Å². The molecule has 0 spiro atoms. The fraction of sp³-hybridized carbons (Fsp3) is 0.812. The van der Waals surface area contributed by atoms with Crippen molar-refractivity contribution in [1.29, 1.82) is 0 Å². The van der Waals surface area contributed by atoms with Crippen molar-refractivity contribution in [1.82, 2.24) is 15.1 Å². The normalized spacial score (nSPS) is 23.4. The van der Waals surface area contributed by atoms with E-state index in [2.05, 4.69) is 44.3 Å². The molecule has 2 atom stereocenters. The highest BCUT2D eigenvalue weighted by Crippen LogP contribution is 2.34. The first kappa shape index (κ1) is 15.5. The molecule has 0 saturated carbocycles. The molecule has 2 rings (SSSR count). The van der Waals surface area contributed by atoms with Gasteiger partial charge in [-0.1, -0.05) is 20.8 Å². The van der Waals surface area contributed by atoms with Crippen LogP contribution >= 0.6 is 0 Å². The molecule has 1 aliphatic rings. The van der Waals surface area contributed by atoms with Crippen molar-refractivity contribution in [3.63, 3.8) is 0 Å². The van der Waals surface area contributed by atoms with Crippen molar-refractivity contribution in [3.8, 4) is 0 Å². The number of hydrogen-bond acceptors (Lipinski definition) is 3. The topological polar surface area (TPSA) is 39.1 Å². The molecule has 1 fully saturated rings. The Bertz CT molecular complexity index is 414.